The van der Waals surface area contributed by atoms with Crippen molar-refractivity contribution in [3.8, 4) is 6.07 Å². The summed E-state index contributed by atoms with van der Waals surface area (Å²) in [6, 6.07) is 8.68. The summed E-state index contributed by atoms with van der Waals surface area (Å²) in [6.07, 6.45) is 0. The Morgan fingerprint density at radius 1 is 1.45 bits per heavy atom. The van der Waals surface area contributed by atoms with Gasteiger partial charge in [-0.1, -0.05) is 12.1 Å². The number of amides is 2. The minimum atomic E-state index is -0.472. The number of carbonyl (C=O) groups excluding carboxylic acids is 2. The minimum absolute atomic E-state index is 0.157. The molecule has 0 heterocycles. The maximum atomic E-state index is 11.8. The standard InChI is InChI=1S/C14H17N3O3/c1-3-20-13(18)9-16-14(19)17(2)10-12-6-4-5-11(7-12)8-15/h4-7H,3,9-10H2,1-2H3,(H,16,19). The molecule has 106 valence electrons. The molecule has 0 aromatic heterocycles. The van der Waals surface area contributed by atoms with Crippen LogP contribution in [-0.4, -0.2) is 37.1 Å². The molecule has 0 atom stereocenters. The van der Waals surface area contributed by atoms with Crippen LogP contribution in [0.15, 0.2) is 24.3 Å². The molecular formula is C14H17N3O3. The van der Waals surface area contributed by atoms with Crippen LogP contribution >= 0.6 is 0 Å². The van der Waals surface area contributed by atoms with Crippen molar-refractivity contribution in [1.29, 1.82) is 5.26 Å². The molecule has 0 saturated carbocycles. The predicted octanol–water partition coefficient (Wildman–Crippen LogP) is 1.26. The lowest BCUT2D eigenvalue weighted by Gasteiger charge is -2.17. The Hall–Kier alpha value is -2.55. The molecular weight excluding hydrogens is 258 g/mol. The molecule has 0 aliphatic carbocycles. The van der Waals surface area contributed by atoms with Crippen LogP contribution in [-0.2, 0) is 16.1 Å². The minimum Gasteiger partial charge on any atom is -0.465 e. The van der Waals surface area contributed by atoms with Crippen LogP contribution in [0, 0.1) is 11.3 Å². The molecule has 0 saturated heterocycles. The van der Waals surface area contributed by atoms with E-state index in [0.29, 0.717) is 12.1 Å². The zero-order valence-electron chi connectivity index (χ0n) is 11.5. The molecule has 0 aliphatic heterocycles. The van der Waals surface area contributed by atoms with Crippen molar-refractivity contribution < 1.29 is 14.3 Å². The van der Waals surface area contributed by atoms with Gasteiger partial charge in [0.05, 0.1) is 18.2 Å². The van der Waals surface area contributed by atoms with Crippen LogP contribution in [0.1, 0.15) is 18.1 Å². The zero-order chi connectivity index (χ0) is 15.0. The van der Waals surface area contributed by atoms with E-state index in [2.05, 4.69) is 5.32 Å². The number of urea groups is 1. The largest absolute Gasteiger partial charge is 0.465 e. The van der Waals surface area contributed by atoms with Crippen molar-refractivity contribution in [3.05, 3.63) is 35.4 Å². The smallest absolute Gasteiger partial charge is 0.325 e. The van der Waals surface area contributed by atoms with Crippen LogP contribution in [0.25, 0.3) is 0 Å². The highest BCUT2D eigenvalue weighted by Crippen LogP contribution is 2.06. The fourth-order valence-electron chi connectivity index (χ4n) is 1.58. The molecule has 20 heavy (non-hydrogen) atoms. The first-order chi connectivity index (χ1) is 9.56. The third kappa shape index (κ3) is 4.98. The second kappa shape index (κ2) is 7.79. The van der Waals surface area contributed by atoms with Gasteiger partial charge in [0, 0.05) is 13.6 Å². The third-order valence-electron chi connectivity index (χ3n) is 2.51. The van der Waals surface area contributed by atoms with Gasteiger partial charge in [-0.2, -0.15) is 5.26 Å². The molecule has 1 N–H and O–H groups in total. The normalized spacial score (nSPS) is 9.45. The van der Waals surface area contributed by atoms with Crippen LogP contribution < -0.4 is 5.32 Å². The average Bonchev–Trinajstić information content (AvgIpc) is 2.45. The number of carbonyl (C=O) groups is 2. The van der Waals surface area contributed by atoms with E-state index in [1.165, 1.54) is 4.90 Å². The van der Waals surface area contributed by atoms with Crippen LogP contribution in [0.4, 0.5) is 4.79 Å². The van der Waals surface area contributed by atoms with Crippen molar-refractivity contribution in [2.45, 2.75) is 13.5 Å². The predicted molar refractivity (Wildman–Crippen MR) is 72.7 cm³/mol. The molecule has 0 aliphatic rings. The number of benzene rings is 1. The molecule has 6 nitrogen and oxygen atoms in total. The number of hydrogen-bond acceptors (Lipinski definition) is 4. The lowest BCUT2D eigenvalue weighted by atomic mass is 10.1. The van der Waals surface area contributed by atoms with Gasteiger partial charge in [0.2, 0.25) is 0 Å². The number of esters is 1. The summed E-state index contributed by atoms with van der Waals surface area (Å²) in [5.41, 5.74) is 1.39. The number of hydrogen-bond donors (Lipinski definition) is 1. The molecule has 1 aromatic rings. The van der Waals surface area contributed by atoms with E-state index in [1.807, 2.05) is 12.1 Å². The average molecular weight is 275 g/mol. The quantitative estimate of drug-likeness (QED) is 0.820. The van der Waals surface area contributed by atoms with E-state index in [9.17, 15) is 9.59 Å². The topological polar surface area (TPSA) is 82.4 Å². The van der Waals surface area contributed by atoms with E-state index in [-0.39, 0.29) is 19.2 Å². The van der Waals surface area contributed by atoms with Crippen molar-refractivity contribution >= 4 is 12.0 Å². The molecule has 0 unspecified atom stereocenters. The fourth-order valence-corrected chi connectivity index (χ4v) is 1.58. The number of nitrogens with one attached hydrogen (secondary N) is 1. The Morgan fingerprint density at radius 3 is 2.85 bits per heavy atom. The monoisotopic (exact) mass is 275 g/mol. The SMILES string of the molecule is CCOC(=O)CNC(=O)N(C)Cc1cccc(C#N)c1. The molecule has 0 radical (unpaired) electrons. The van der Waals surface area contributed by atoms with Gasteiger partial charge >= 0.3 is 12.0 Å². The highest BCUT2D eigenvalue weighted by atomic mass is 16.5. The van der Waals surface area contributed by atoms with Crippen LogP contribution in [0.3, 0.4) is 0 Å². The van der Waals surface area contributed by atoms with Gasteiger partial charge in [0.25, 0.3) is 0 Å². The van der Waals surface area contributed by atoms with Gasteiger partial charge < -0.3 is 15.0 Å². The first-order valence-corrected chi connectivity index (χ1v) is 6.20. The second-order valence-corrected chi connectivity index (χ2v) is 4.13. The lowest BCUT2D eigenvalue weighted by molar-refractivity contribution is -0.141. The van der Waals surface area contributed by atoms with Gasteiger partial charge in [-0.15, -0.1) is 0 Å². The Labute approximate surface area is 117 Å². The van der Waals surface area contributed by atoms with Gasteiger partial charge in [-0.3, -0.25) is 4.79 Å². The van der Waals surface area contributed by atoms with Crippen molar-refractivity contribution in [2.75, 3.05) is 20.2 Å². The number of nitriles is 1. The number of rotatable bonds is 5. The summed E-state index contributed by atoms with van der Waals surface area (Å²) < 4.78 is 4.71. The highest BCUT2D eigenvalue weighted by Gasteiger charge is 2.11. The molecule has 1 aromatic carbocycles. The van der Waals surface area contributed by atoms with E-state index in [1.54, 1.807) is 32.2 Å². The van der Waals surface area contributed by atoms with Crippen LogP contribution in [0.5, 0.6) is 0 Å². The summed E-state index contributed by atoms with van der Waals surface area (Å²) in [4.78, 5) is 24.3. The second-order valence-electron chi connectivity index (χ2n) is 4.13. The molecule has 6 heteroatoms. The highest BCUT2D eigenvalue weighted by molar-refractivity contribution is 5.80. The molecule has 2 amide bonds. The Balaban J connectivity index is 2.49. The van der Waals surface area contributed by atoms with E-state index < -0.39 is 5.97 Å². The van der Waals surface area contributed by atoms with Crippen molar-refractivity contribution in [3.63, 3.8) is 0 Å². The van der Waals surface area contributed by atoms with Gasteiger partial charge in [0.15, 0.2) is 0 Å². The summed E-state index contributed by atoms with van der Waals surface area (Å²) in [7, 11) is 1.61. The van der Waals surface area contributed by atoms with Gasteiger partial charge in [0.1, 0.15) is 6.54 Å². The zero-order valence-corrected chi connectivity index (χ0v) is 11.5. The summed E-state index contributed by atoms with van der Waals surface area (Å²) in [5.74, 6) is -0.472. The van der Waals surface area contributed by atoms with Crippen LogP contribution in [0.2, 0.25) is 0 Å². The Bertz CT molecular complexity index is 523. The third-order valence-corrected chi connectivity index (χ3v) is 2.51. The molecule has 1 rings (SSSR count). The Kier molecular flexibility index (Phi) is 6.04. The first kappa shape index (κ1) is 15.5. The maximum absolute atomic E-state index is 11.8. The number of ether oxygens (including phenoxy) is 1. The van der Waals surface area contributed by atoms with Gasteiger partial charge in [-0.05, 0) is 24.6 Å². The summed E-state index contributed by atoms with van der Waals surface area (Å²) in [6.45, 7) is 2.18. The Morgan fingerprint density at radius 2 is 2.20 bits per heavy atom. The molecule has 0 fully saturated rings. The van der Waals surface area contributed by atoms with Crippen molar-refractivity contribution in [1.82, 2.24) is 10.2 Å². The first-order valence-electron chi connectivity index (χ1n) is 6.20. The fraction of sp³-hybridized carbons (Fsp3) is 0.357. The summed E-state index contributed by atoms with van der Waals surface area (Å²) in [5, 5.41) is 11.3. The van der Waals surface area contributed by atoms with E-state index in [4.69, 9.17) is 10.00 Å². The van der Waals surface area contributed by atoms with Gasteiger partial charge in [-0.25, -0.2) is 4.79 Å². The maximum Gasteiger partial charge on any atom is 0.325 e. The number of nitrogens with zero attached hydrogens (tertiary/aromatic N) is 2. The van der Waals surface area contributed by atoms with E-state index >= 15 is 0 Å². The molecule has 0 spiro atoms. The molecule has 0 bridgehead atoms. The van der Waals surface area contributed by atoms with Crippen molar-refractivity contribution in [2.24, 2.45) is 0 Å². The van der Waals surface area contributed by atoms with E-state index in [0.717, 1.165) is 5.56 Å². The lowest BCUT2D eigenvalue weighted by Crippen LogP contribution is -2.39. The summed E-state index contributed by atoms with van der Waals surface area (Å²) >= 11 is 0.